The average Bonchev–Trinajstić information content (AvgIpc) is 2.39. The van der Waals surface area contributed by atoms with E-state index in [0.717, 1.165) is 5.69 Å². The van der Waals surface area contributed by atoms with E-state index in [1.54, 1.807) is 0 Å². The minimum atomic E-state index is 0.247. The summed E-state index contributed by atoms with van der Waals surface area (Å²) in [5.74, 6) is 1.53. The molecule has 0 unspecified atom stereocenters. The number of ether oxygens (including phenoxy) is 2. The quantitative estimate of drug-likeness (QED) is 0.905. The Morgan fingerprint density at radius 3 is 2.68 bits per heavy atom. The highest BCUT2D eigenvalue weighted by Crippen LogP contribution is 2.33. The van der Waals surface area contributed by atoms with Crippen LogP contribution in [0.25, 0.3) is 0 Å². The van der Waals surface area contributed by atoms with Gasteiger partial charge in [0.1, 0.15) is 12.1 Å². The van der Waals surface area contributed by atoms with Crippen LogP contribution in [0.4, 0.5) is 11.5 Å². The molecule has 1 aromatic carbocycles. The third-order valence-corrected chi connectivity index (χ3v) is 2.55. The molecule has 0 saturated carbocycles. The van der Waals surface area contributed by atoms with Gasteiger partial charge in [-0.3, -0.25) is 0 Å². The first-order valence-corrected chi connectivity index (χ1v) is 5.71. The zero-order chi connectivity index (χ0) is 13.8. The van der Waals surface area contributed by atoms with Crippen LogP contribution in [0.2, 0.25) is 0 Å². The maximum Gasteiger partial charge on any atom is 0.268 e. The first-order valence-electron chi connectivity index (χ1n) is 5.71. The van der Waals surface area contributed by atoms with Crippen LogP contribution in [0.3, 0.4) is 0 Å². The average molecular weight is 260 g/mol. The van der Waals surface area contributed by atoms with Crippen LogP contribution in [0.15, 0.2) is 30.6 Å². The fourth-order valence-corrected chi connectivity index (χ4v) is 1.57. The summed E-state index contributed by atoms with van der Waals surface area (Å²) in [5.41, 5.74) is 6.73. The number of methoxy groups -OCH3 is 1. The van der Waals surface area contributed by atoms with Gasteiger partial charge in [-0.25, -0.2) is 4.98 Å². The maximum absolute atomic E-state index is 5.70. The smallest absolute Gasteiger partial charge is 0.268 e. The van der Waals surface area contributed by atoms with E-state index in [4.69, 9.17) is 15.2 Å². The molecule has 0 aliphatic heterocycles. The van der Waals surface area contributed by atoms with Gasteiger partial charge in [-0.05, 0) is 12.1 Å². The van der Waals surface area contributed by atoms with Gasteiger partial charge in [0, 0.05) is 25.8 Å². The lowest BCUT2D eigenvalue weighted by Crippen LogP contribution is -2.08. The third-order valence-electron chi connectivity index (χ3n) is 2.55. The van der Waals surface area contributed by atoms with Gasteiger partial charge < -0.3 is 20.1 Å². The molecule has 2 N–H and O–H groups in total. The molecular formula is C13H16N4O2. The van der Waals surface area contributed by atoms with Crippen LogP contribution in [0, 0.1) is 0 Å². The van der Waals surface area contributed by atoms with E-state index in [-0.39, 0.29) is 5.82 Å². The third kappa shape index (κ3) is 2.85. The summed E-state index contributed by atoms with van der Waals surface area (Å²) in [7, 11) is 5.42. The predicted molar refractivity (Wildman–Crippen MR) is 73.8 cm³/mol. The van der Waals surface area contributed by atoms with Crippen molar-refractivity contribution in [3.8, 4) is 17.4 Å². The Kier molecular flexibility index (Phi) is 3.70. The topological polar surface area (TPSA) is 73.5 Å². The first kappa shape index (κ1) is 12.9. The Morgan fingerprint density at radius 2 is 2.00 bits per heavy atom. The molecule has 0 saturated heterocycles. The molecule has 0 radical (unpaired) electrons. The monoisotopic (exact) mass is 260 g/mol. The molecule has 2 aromatic rings. The summed E-state index contributed by atoms with van der Waals surface area (Å²) in [5, 5.41) is 0. The van der Waals surface area contributed by atoms with Crippen molar-refractivity contribution in [3.05, 3.63) is 30.6 Å². The Labute approximate surface area is 111 Å². The fraction of sp³-hybridized carbons (Fsp3) is 0.231. The van der Waals surface area contributed by atoms with Gasteiger partial charge in [0.2, 0.25) is 5.75 Å². The molecule has 0 aliphatic carbocycles. The number of hydrogen-bond donors (Lipinski definition) is 1. The number of anilines is 2. The molecule has 0 spiro atoms. The molecule has 1 aromatic heterocycles. The summed E-state index contributed by atoms with van der Waals surface area (Å²) < 4.78 is 10.8. The van der Waals surface area contributed by atoms with Crippen molar-refractivity contribution in [2.45, 2.75) is 0 Å². The van der Waals surface area contributed by atoms with E-state index < -0.39 is 0 Å². The number of rotatable bonds is 4. The van der Waals surface area contributed by atoms with Gasteiger partial charge in [0.15, 0.2) is 5.82 Å². The Morgan fingerprint density at radius 1 is 1.21 bits per heavy atom. The predicted octanol–water partition coefficient (Wildman–Crippen LogP) is 1.93. The lowest BCUT2D eigenvalue weighted by atomic mass is 10.3. The summed E-state index contributed by atoms with van der Waals surface area (Å²) in [6, 6.07) is 7.63. The van der Waals surface area contributed by atoms with Gasteiger partial charge in [-0.2, -0.15) is 4.98 Å². The van der Waals surface area contributed by atoms with Crippen molar-refractivity contribution in [2.75, 3.05) is 31.8 Å². The minimum absolute atomic E-state index is 0.247. The normalized spacial score (nSPS) is 10.1. The van der Waals surface area contributed by atoms with E-state index >= 15 is 0 Å². The van der Waals surface area contributed by atoms with Crippen molar-refractivity contribution in [2.24, 2.45) is 0 Å². The van der Waals surface area contributed by atoms with E-state index in [0.29, 0.717) is 17.4 Å². The summed E-state index contributed by atoms with van der Waals surface area (Å²) in [6.45, 7) is 0. The lowest BCUT2D eigenvalue weighted by molar-refractivity contribution is 0.369. The molecule has 1 heterocycles. The largest absolute Gasteiger partial charge is 0.489 e. The number of nitrogen functional groups attached to an aromatic ring is 1. The van der Waals surface area contributed by atoms with E-state index in [2.05, 4.69) is 9.97 Å². The molecule has 0 atom stereocenters. The highest BCUT2D eigenvalue weighted by atomic mass is 16.5. The first-order chi connectivity index (χ1) is 9.11. The number of hydrogen-bond acceptors (Lipinski definition) is 6. The highest BCUT2D eigenvalue weighted by Gasteiger charge is 2.12. The number of nitrogens with two attached hydrogens (primary N) is 1. The number of benzene rings is 1. The zero-order valence-corrected chi connectivity index (χ0v) is 11.1. The Bertz CT molecular complexity index is 572. The maximum atomic E-state index is 5.70. The van der Waals surface area contributed by atoms with Gasteiger partial charge in [-0.1, -0.05) is 6.07 Å². The second-order valence-electron chi connectivity index (χ2n) is 4.09. The Balaban J connectivity index is 2.31. The van der Waals surface area contributed by atoms with Gasteiger partial charge in [0.25, 0.3) is 5.88 Å². The molecule has 0 aliphatic rings. The van der Waals surface area contributed by atoms with Crippen LogP contribution in [0.1, 0.15) is 0 Å². The van der Waals surface area contributed by atoms with E-state index in [1.165, 1.54) is 13.4 Å². The number of aromatic nitrogens is 2. The Hall–Kier alpha value is -2.50. The molecule has 6 heteroatoms. The molecule has 19 heavy (non-hydrogen) atoms. The van der Waals surface area contributed by atoms with Gasteiger partial charge in [0.05, 0.1) is 7.11 Å². The molecule has 0 amide bonds. The summed E-state index contributed by atoms with van der Waals surface area (Å²) >= 11 is 0. The van der Waals surface area contributed by atoms with Gasteiger partial charge in [-0.15, -0.1) is 0 Å². The second kappa shape index (κ2) is 5.43. The molecule has 100 valence electrons. The zero-order valence-electron chi connectivity index (χ0n) is 11.1. The van der Waals surface area contributed by atoms with E-state index in [1.807, 2.05) is 43.3 Å². The van der Waals surface area contributed by atoms with Crippen LogP contribution in [0.5, 0.6) is 17.4 Å². The minimum Gasteiger partial charge on any atom is -0.489 e. The molecule has 6 nitrogen and oxygen atoms in total. The van der Waals surface area contributed by atoms with Crippen molar-refractivity contribution in [3.63, 3.8) is 0 Å². The lowest BCUT2D eigenvalue weighted by Gasteiger charge is -2.14. The van der Waals surface area contributed by atoms with Crippen LogP contribution >= 0.6 is 0 Å². The number of nitrogens with zero attached hydrogens (tertiary/aromatic N) is 3. The standard InChI is InChI=1S/C13H16N4O2/c1-17(2)9-5-4-6-10(7-9)19-13-11(18-3)12(14)15-8-16-13/h4-8H,1-3H3,(H2,14,15,16). The van der Waals surface area contributed by atoms with Crippen LogP contribution < -0.4 is 20.1 Å². The molecule has 0 bridgehead atoms. The van der Waals surface area contributed by atoms with Crippen molar-refractivity contribution >= 4 is 11.5 Å². The highest BCUT2D eigenvalue weighted by molar-refractivity contribution is 5.54. The van der Waals surface area contributed by atoms with Gasteiger partial charge >= 0.3 is 0 Å². The van der Waals surface area contributed by atoms with Crippen molar-refractivity contribution in [1.29, 1.82) is 0 Å². The van der Waals surface area contributed by atoms with E-state index in [9.17, 15) is 0 Å². The molecule has 0 fully saturated rings. The fourth-order valence-electron chi connectivity index (χ4n) is 1.57. The molecular weight excluding hydrogens is 244 g/mol. The van der Waals surface area contributed by atoms with Crippen molar-refractivity contribution in [1.82, 2.24) is 9.97 Å². The SMILES string of the molecule is COc1c(N)ncnc1Oc1cccc(N(C)C)c1. The summed E-state index contributed by atoms with van der Waals surface area (Å²) in [6.07, 6.45) is 1.34. The van der Waals surface area contributed by atoms with Crippen LogP contribution in [-0.4, -0.2) is 31.2 Å². The van der Waals surface area contributed by atoms with Crippen molar-refractivity contribution < 1.29 is 9.47 Å². The van der Waals surface area contributed by atoms with Crippen LogP contribution in [-0.2, 0) is 0 Å². The second-order valence-corrected chi connectivity index (χ2v) is 4.09. The molecule has 2 rings (SSSR count). The summed E-state index contributed by atoms with van der Waals surface area (Å²) in [4.78, 5) is 9.86.